The second-order valence-corrected chi connectivity index (χ2v) is 9.38. The number of hydrogen-bond acceptors (Lipinski definition) is 6. The molecular weight excluding hydrogens is 438 g/mol. The average molecular weight is 468 g/mol. The van der Waals surface area contributed by atoms with Gasteiger partial charge in [0.15, 0.2) is 11.2 Å². The van der Waals surface area contributed by atoms with Crippen molar-refractivity contribution in [3.05, 3.63) is 66.0 Å². The van der Waals surface area contributed by atoms with Crippen LogP contribution in [0.4, 0.5) is 0 Å². The summed E-state index contributed by atoms with van der Waals surface area (Å²) in [4.78, 5) is 9.06. The number of fused-ring (bicyclic) bond motifs is 2. The highest BCUT2D eigenvalue weighted by Crippen LogP contribution is 2.33. The first-order chi connectivity index (χ1) is 17.2. The lowest BCUT2D eigenvalue weighted by atomic mass is 9.93. The van der Waals surface area contributed by atoms with E-state index in [0.29, 0.717) is 11.5 Å². The molecule has 0 spiro atoms. The summed E-state index contributed by atoms with van der Waals surface area (Å²) in [6, 6.07) is 15.7. The monoisotopic (exact) mass is 467 g/mol. The molecule has 7 nitrogen and oxygen atoms in total. The molecule has 5 aromatic rings. The van der Waals surface area contributed by atoms with Gasteiger partial charge in [-0.1, -0.05) is 12.1 Å². The fourth-order valence-corrected chi connectivity index (χ4v) is 4.98. The standard InChI is InChI=1S/C28H29N5O2/c1-18-5-2-9-23-26(18)35-28(31-23)20-10-12-21(13-11-20)34-24-14-16-30-27-25(24)22(32-33-27)8-3-6-19-7-4-15-29-17-19/h2,5,9-14,16,19,29H,3-4,6-8,15,17H2,1H3,(H,30,32,33)/t19-/m1/s1. The van der Waals surface area contributed by atoms with Crippen LogP contribution in [0.5, 0.6) is 11.5 Å². The first kappa shape index (κ1) is 21.8. The largest absolute Gasteiger partial charge is 0.456 e. The molecule has 1 aliphatic heterocycles. The molecule has 178 valence electrons. The smallest absolute Gasteiger partial charge is 0.227 e. The molecule has 1 aliphatic rings. The van der Waals surface area contributed by atoms with Crippen molar-refractivity contribution in [2.75, 3.05) is 13.1 Å². The van der Waals surface area contributed by atoms with Crippen LogP contribution in [0.2, 0.25) is 0 Å². The van der Waals surface area contributed by atoms with E-state index >= 15 is 0 Å². The zero-order valence-corrected chi connectivity index (χ0v) is 19.9. The van der Waals surface area contributed by atoms with Gasteiger partial charge in [0.25, 0.3) is 0 Å². The van der Waals surface area contributed by atoms with Crippen LogP contribution in [-0.4, -0.2) is 33.3 Å². The topological polar surface area (TPSA) is 88.9 Å². The third-order valence-corrected chi connectivity index (χ3v) is 6.87. The number of nitrogens with one attached hydrogen (secondary N) is 2. The minimum absolute atomic E-state index is 0.609. The van der Waals surface area contributed by atoms with Crippen LogP contribution in [0.25, 0.3) is 33.6 Å². The van der Waals surface area contributed by atoms with Gasteiger partial charge < -0.3 is 14.5 Å². The van der Waals surface area contributed by atoms with Crippen LogP contribution in [0.1, 0.15) is 36.9 Å². The summed E-state index contributed by atoms with van der Waals surface area (Å²) in [6.07, 6.45) is 7.63. The Balaban J connectivity index is 1.19. The Hall–Kier alpha value is -3.71. The quantitative estimate of drug-likeness (QED) is 0.297. The summed E-state index contributed by atoms with van der Waals surface area (Å²) in [6.45, 7) is 4.32. The van der Waals surface area contributed by atoms with Gasteiger partial charge in [-0.3, -0.25) is 5.10 Å². The van der Waals surface area contributed by atoms with Gasteiger partial charge in [-0.15, -0.1) is 0 Å². The van der Waals surface area contributed by atoms with Crippen LogP contribution < -0.4 is 10.1 Å². The number of benzene rings is 2. The van der Waals surface area contributed by atoms with Crippen molar-refractivity contribution < 1.29 is 9.15 Å². The lowest BCUT2D eigenvalue weighted by Crippen LogP contribution is -2.29. The Morgan fingerprint density at radius 2 is 2.03 bits per heavy atom. The number of nitrogens with zero attached hydrogens (tertiary/aromatic N) is 3. The third-order valence-electron chi connectivity index (χ3n) is 6.87. The summed E-state index contributed by atoms with van der Waals surface area (Å²) < 4.78 is 12.3. The summed E-state index contributed by atoms with van der Waals surface area (Å²) in [5.74, 6) is 2.89. The van der Waals surface area contributed by atoms with Crippen molar-refractivity contribution in [1.29, 1.82) is 0 Å². The van der Waals surface area contributed by atoms with Crippen molar-refractivity contribution >= 4 is 22.1 Å². The lowest BCUT2D eigenvalue weighted by Gasteiger charge is -2.22. The fourth-order valence-electron chi connectivity index (χ4n) is 4.98. The number of para-hydroxylation sites is 1. The number of rotatable bonds is 7. The molecule has 1 atom stereocenters. The Bertz CT molecular complexity index is 1450. The Morgan fingerprint density at radius 1 is 1.11 bits per heavy atom. The van der Waals surface area contributed by atoms with Gasteiger partial charge in [-0.2, -0.15) is 5.10 Å². The Morgan fingerprint density at radius 3 is 2.86 bits per heavy atom. The van der Waals surface area contributed by atoms with Crippen LogP contribution in [0, 0.1) is 12.8 Å². The van der Waals surface area contributed by atoms with E-state index in [0.717, 1.165) is 76.7 Å². The van der Waals surface area contributed by atoms with Gasteiger partial charge in [0.2, 0.25) is 5.89 Å². The average Bonchev–Trinajstić information content (AvgIpc) is 3.51. The molecule has 7 heteroatoms. The third kappa shape index (κ3) is 4.51. The predicted octanol–water partition coefficient (Wildman–Crippen LogP) is 6.19. The van der Waals surface area contributed by atoms with Gasteiger partial charge in [-0.25, -0.2) is 9.97 Å². The molecule has 4 heterocycles. The van der Waals surface area contributed by atoms with E-state index in [2.05, 4.69) is 25.5 Å². The highest BCUT2D eigenvalue weighted by Gasteiger charge is 2.16. The molecular formula is C28H29N5O2. The number of pyridine rings is 1. The number of aromatic nitrogens is 4. The minimum Gasteiger partial charge on any atom is -0.456 e. The van der Waals surface area contributed by atoms with E-state index in [1.54, 1.807) is 6.20 Å². The maximum Gasteiger partial charge on any atom is 0.227 e. The molecule has 0 bridgehead atoms. The van der Waals surface area contributed by atoms with Crippen molar-refractivity contribution in [1.82, 2.24) is 25.5 Å². The molecule has 6 rings (SSSR count). The zero-order valence-electron chi connectivity index (χ0n) is 19.9. The van der Waals surface area contributed by atoms with E-state index in [1.807, 2.05) is 55.5 Å². The second-order valence-electron chi connectivity index (χ2n) is 9.38. The summed E-state index contributed by atoms with van der Waals surface area (Å²) in [5, 5.41) is 12.1. The number of oxazole rings is 1. The molecule has 0 unspecified atom stereocenters. The highest BCUT2D eigenvalue weighted by molar-refractivity contribution is 5.85. The predicted molar refractivity (Wildman–Crippen MR) is 137 cm³/mol. The van der Waals surface area contributed by atoms with Crippen LogP contribution >= 0.6 is 0 Å². The molecule has 35 heavy (non-hydrogen) atoms. The summed E-state index contributed by atoms with van der Waals surface area (Å²) in [5.41, 5.74) is 5.46. The summed E-state index contributed by atoms with van der Waals surface area (Å²) in [7, 11) is 0. The number of piperidine rings is 1. The highest BCUT2D eigenvalue weighted by atomic mass is 16.5. The number of aromatic amines is 1. The molecule has 1 saturated heterocycles. The number of ether oxygens (including phenoxy) is 1. The maximum absolute atomic E-state index is 6.29. The van der Waals surface area contributed by atoms with Crippen LogP contribution in [0.15, 0.2) is 59.1 Å². The van der Waals surface area contributed by atoms with E-state index in [-0.39, 0.29) is 0 Å². The second kappa shape index (κ2) is 9.50. The number of H-pyrrole nitrogens is 1. The molecule has 0 radical (unpaired) electrons. The maximum atomic E-state index is 6.29. The van der Waals surface area contributed by atoms with E-state index in [9.17, 15) is 0 Å². The molecule has 0 amide bonds. The Labute approximate surface area is 203 Å². The van der Waals surface area contributed by atoms with Crippen molar-refractivity contribution in [3.8, 4) is 23.0 Å². The van der Waals surface area contributed by atoms with Gasteiger partial charge in [0.1, 0.15) is 17.0 Å². The van der Waals surface area contributed by atoms with Gasteiger partial charge in [-0.05, 0) is 100.0 Å². The van der Waals surface area contributed by atoms with Gasteiger partial charge in [0.05, 0.1) is 5.39 Å². The zero-order chi connectivity index (χ0) is 23.6. The number of hydrogen-bond donors (Lipinski definition) is 2. The molecule has 0 saturated carbocycles. The van der Waals surface area contributed by atoms with E-state index < -0.39 is 0 Å². The molecule has 2 aromatic carbocycles. The normalized spacial score (nSPS) is 16.2. The molecule has 0 aliphatic carbocycles. The van der Waals surface area contributed by atoms with Crippen molar-refractivity contribution in [2.45, 2.75) is 39.0 Å². The SMILES string of the molecule is Cc1cccc2nc(-c3ccc(Oc4ccnc5n[nH]c(CCC[C@@H]6CCCNC6)c45)cc3)oc12. The number of aryl methyl sites for hydroxylation is 2. The first-order valence-corrected chi connectivity index (χ1v) is 12.4. The lowest BCUT2D eigenvalue weighted by molar-refractivity contribution is 0.350. The van der Waals surface area contributed by atoms with Crippen molar-refractivity contribution in [2.24, 2.45) is 5.92 Å². The summed E-state index contributed by atoms with van der Waals surface area (Å²) >= 11 is 0. The van der Waals surface area contributed by atoms with E-state index in [4.69, 9.17) is 9.15 Å². The van der Waals surface area contributed by atoms with Crippen molar-refractivity contribution in [3.63, 3.8) is 0 Å². The van der Waals surface area contributed by atoms with Crippen LogP contribution in [0.3, 0.4) is 0 Å². The van der Waals surface area contributed by atoms with E-state index in [1.165, 1.54) is 19.3 Å². The minimum atomic E-state index is 0.609. The van der Waals surface area contributed by atoms with Crippen LogP contribution in [-0.2, 0) is 6.42 Å². The van der Waals surface area contributed by atoms with Gasteiger partial charge >= 0.3 is 0 Å². The molecule has 3 aromatic heterocycles. The molecule has 1 fully saturated rings. The fraction of sp³-hybridized carbons (Fsp3) is 0.321. The first-order valence-electron chi connectivity index (χ1n) is 12.4. The van der Waals surface area contributed by atoms with Gasteiger partial charge in [0, 0.05) is 17.5 Å². The molecule has 2 N–H and O–H groups in total. The Kier molecular flexibility index (Phi) is 5.92.